The first kappa shape index (κ1) is 16.0. The molecule has 1 aromatic carbocycles. The maximum absolute atomic E-state index is 12.7. The predicted octanol–water partition coefficient (Wildman–Crippen LogP) is 2.04. The maximum atomic E-state index is 12.7. The summed E-state index contributed by atoms with van der Waals surface area (Å²) in [6.45, 7) is 2.52. The van der Waals surface area contributed by atoms with Gasteiger partial charge >= 0.3 is 5.97 Å². The largest absolute Gasteiger partial charge is 0.464 e. The molecule has 21 heavy (non-hydrogen) atoms. The monoisotopic (exact) mass is 328 g/mol. The highest BCUT2D eigenvalue weighted by Gasteiger charge is 2.34. The van der Waals surface area contributed by atoms with Gasteiger partial charge in [0.2, 0.25) is 0 Å². The molecular weight excluding hydrogens is 312 g/mol. The molecule has 0 radical (unpaired) electrons. The second-order valence-electron chi connectivity index (χ2n) is 4.58. The number of rotatable bonds is 3. The van der Waals surface area contributed by atoms with Gasteiger partial charge in [0.1, 0.15) is 6.04 Å². The molecule has 2 rings (SSSR count). The highest BCUT2D eigenvalue weighted by Crippen LogP contribution is 2.25. The summed E-state index contributed by atoms with van der Waals surface area (Å²) in [7, 11) is 0. The average Bonchev–Trinajstić information content (AvgIpc) is 2.49. The minimum Gasteiger partial charge on any atom is -0.464 e. The summed E-state index contributed by atoms with van der Waals surface area (Å²) in [5.41, 5.74) is 6.49. The number of esters is 1. The second-order valence-corrected chi connectivity index (χ2v) is 6.14. The van der Waals surface area contributed by atoms with Crippen LogP contribution in [-0.4, -0.2) is 47.5 Å². The van der Waals surface area contributed by atoms with Gasteiger partial charge in [0.25, 0.3) is 5.91 Å². The van der Waals surface area contributed by atoms with E-state index < -0.39 is 6.04 Å². The summed E-state index contributed by atoms with van der Waals surface area (Å²) >= 11 is 7.70. The highest BCUT2D eigenvalue weighted by molar-refractivity contribution is 7.99. The molecule has 1 fully saturated rings. The Morgan fingerprint density at radius 3 is 3.00 bits per heavy atom. The SMILES string of the molecule is CCOC(=O)C1CSCCN1C(=O)c1cc(N)ccc1Cl. The van der Waals surface area contributed by atoms with Gasteiger partial charge in [-0.1, -0.05) is 11.6 Å². The number of benzene rings is 1. The summed E-state index contributed by atoms with van der Waals surface area (Å²) in [5.74, 6) is 0.648. The Morgan fingerprint density at radius 2 is 2.29 bits per heavy atom. The van der Waals surface area contributed by atoms with Gasteiger partial charge in [-0.2, -0.15) is 11.8 Å². The predicted molar refractivity (Wildman–Crippen MR) is 84.6 cm³/mol. The fraction of sp³-hybridized carbons (Fsp3) is 0.429. The van der Waals surface area contributed by atoms with Crippen LogP contribution in [0.4, 0.5) is 5.69 Å². The van der Waals surface area contributed by atoms with Crippen molar-refractivity contribution in [2.75, 3.05) is 30.4 Å². The van der Waals surface area contributed by atoms with Crippen molar-refractivity contribution >= 4 is 40.9 Å². The molecule has 1 aliphatic heterocycles. The molecule has 1 heterocycles. The van der Waals surface area contributed by atoms with E-state index in [1.165, 1.54) is 11.0 Å². The van der Waals surface area contributed by atoms with Crippen molar-refractivity contribution in [2.24, 2.45) is 0 Å². The van der Waals surface area contributed by atoms with Gasteiger partial charge in [-0.3, -0.25) is 4.79 Å². The zero-order valence-corrected chi connectivity index (χ0v) is 13.2. The zero-order chi connectivity index (χ0) is 15.4. The lowest BCUT2D eigenvalue weighted by molar-refractivity contribution is -0.147. The van der Waals surface area contributed by atoms with Gasteiger partial charge in [-0.15, -0.1) is 0 Å². The van der Waals surface area contributed by atoms with Crippen molar-refractivity contribution in [3.63, 3.8) is 0 Å². The second kappa shape index (κ2) is 7.04. The topological polar surface area (TPSA) is 72.6 Å². The Balaban J connectivity index is 2.26. The van der Waals surface area contributed by atoms with Gasteiger partial charge in [0.15, 0.2) is 0 Å². The molecule has 1 unspecified atom stereocenters. The van der Waals surface area contributed by atoms with Crippen LogP contribution in [0.3, 0.4) is 0 Å². The van der Waals surface area contributed by atoms with Gasteiger partial charge in [0, 0.05) is 23.7 Å². The van der Waals surface area contributed by atoms with E-state index in [9.17, 15) is 9.59 Å². The molecule has 1 atom stereocenters. The molecule has 0 spiro atoms. The van der Waals surface area contributed by atoms with Gasteiger partial charge in [-0.25, -0.2) is 4.79 Å². The molecule has 5 nitrogen and oxygen atoms in total. The van der Waals surface area contributed by atoms with Crippen LogP contribution in [0.5, 0.6) is 0 Å². The van der Waals surface area contributed by atoms with Crippen LogP contribution < -0.4 is 5.73 Å². The zero-order valence-electron chi connectivity index (χ0n) is 11.7. The molecule has 1 amide bonds. The molecule has 1 aromatic rings. The van der Waals surface area contributed by atoms with Crippen LogP contribution in [0.1, 0.15) is 17.3 Å². The molecule has 114 valence electrons. The number of carbonyl (C=O) groups excluding carboxylic acids is 2. The third kappa shape index (κ3) is 3.63. The smallest absolute Gasteiger partial charge is 0.329 e. The van der Waals surface area contributed by atoms with Crippen LogP contribution >= 0.6 is 23.4 Å². The minimum absolute atomic E-state index is 0.286. The summed E-state index contributed by atoms with van der Waals surface area (Å²) in [4.78, 5) is 26.2. The van der Waals surface area contributed by atoms with Gasteiger partial charge in [0.05, 0.1) is 17.2 Å². The van der Waals surface area contributed by atoms with E-state index in [1.54, 1.807) is 30.8 Å². The van der Waals surface area contributed by atoms with E-state index in [0.717, 1.165) is 5.75 Å². The Hall–Kier alpha value is -1.40. The number of anilines is 1. The Labute approximate surface area is 132 Å². The number of amides is 1. The first-order valence-electron chi connectivity index (χ1n) is 6.65. The van der Waals surface area contributed by atoms with Crippen molar-refractivity contribution in [1.29, 1.82) is 0 Å². The number of thioether (sulfide) groups is 1. The molecular formula is C14H17ClN2O3S. The molecule has 7 heteroatoms. The molecule has 0 aromatic heterocycles. The normalized spacial score (nSPS) is 18.4. The van der Waals surface area contributed by atoms with Crippen LogP contribution in [0.2, 0.25) is 5.02 Å². The Morgan fingerprint density at radius 1 is 1.52 bits per heavy atom. The molecule has 0 saturated carbocycles. The number of nitrogen functional groups attached to an aromatic ring is 1. The van der Waals surface area contributed by atoms with Crippen LogP contribution in [0.25, 0.3) is 0 Å². The number of carbonyl (C=O) groups is 2. The molecule has 2 N–H and O–H groups in total. The molecule has 0 aliphatic carbocycles. The first-order valence-corrected chi connectivity index (χ1v) is 8.18. The fourth-order valence-electron chi connectivity index (χ4n) is 2.14. The number of hydrogen-bond acceptors (Lipinski definition) is 5. The Kier molecular flexibility index (Phi) is 5.36. The van der Waals surface area contributed by atoms with Crippen molar-refractivity contribution in [1.82, 2.24) is 4.90 Å². The van der Waals surface area contributed by atoms with Crippen LogP contribution in [-0.2, 0) is 9.53 Å². The molecule has 1 saturated heterocycles. The van der Waals surface area contributed by atoms with E-state index in [2.05, 4.69) is 0 Å². The van der Waals surface area contributed by atoms with Crippen molar-refractivity contribution in [2.45, 2.75) is 13.0 Å². The highest BCUT2D eigenvalue weighted by atomic mass is 35.5. The average molecular weight is 329 g/mol. The third-order valence-corrected chi connectivity index (χ3v) is 4.52. The van der Waals surface area contributed by atoms with Crippen LogP contribution in [0, 0.1) is 0 Å². The quantitative estimate of drug-likeness (QED) is 0.679. The lowest BCUT2D eigenvalue weighted by atomic mass is 10.1. The van der Waals surface area contributed by atoms with E-state index >= 15 is 0 Å². The lowest BCUT2D eigenvalue weighted by Crippen LogP contribution is -2.51. The van der Waals surface area contributed by atoms with Crippen LogP contribution in [0.15, 0.2) is 18.2 Å². The van der Waals surface area contributed by atoms with E-state index in [4.69, 9.17) is 22.1 Å². The summed E-state index contributed by atoms with van der Waals surface area (Å²) in [5, 5.41) is 0.329. The van der Waals surface area contributed by atoms with Gasteiger partial charge < -0.3 is 15.4 Å². The number of halogens is 1. The minimum atomic E-state index is -0.575. The fourth-order valence-corrected chi connectivity index (χ4v) is 3.37. The third-order valence-electron chi connectivity index (χ3n) is 3.17. The number of hydrogen-bond donors (Lipinski definition) is 1. The number of nitrogens with zero attached hydrogens (tertiary/aromatic N) is 1. The first-order chi connectivity index (χ1) is 10.0. The van der Waals surface area contributed by atoms with Crippen molar-refractivity contribution < 1.29 is 14.3 Å². The maximum Gasteiger partial charge on any atom is 0.329 e. The van der Waals surface area contributed by atoms with E-state index in [1.807, 2.05) is 0 Å². The Bertz CT molecular complexity index is 553. The van der Waals surface area contributed by atoms with Crippen molar-refractivity contribution in [3.05, 3.63) is 28.8 Å². The number of ether oxygens (including phenoxy) is 1. The lowest BCUT2D eigenvalue weighted by Gasteiger charge is -2.33. The van der Waals surface area contributed by atoms with Crippen molar-refractivity contribution in [3.8, 4) is 0 Å². The standard InChI is InChI=1S/C14H17ClN2O3S/c1-2-20-14(19)12-8-21-6-5-17(12)13(18)10-7-9(16)3-4-11(10)15/h3-4,7,12H,2,5-6,8,16H2,1H3. The summed E-state index contributed by atoms with van der Waals surface area (Å²) in [6, 6.07) is 4.18. The summed E-state index contributed by atoms with van der Waals surface area (Å²) in [6.07, 6.45) is 0. The van der Waals surface area contributed by atoms with E-state index in [-0.39, 0.29) is 11.9 Å². The molecule has 0 bridgehead atoms. The summed E-state index contributed by atoms with van der Waals surface area (Å²) < 4.78 is 5.05. The number of nitrogens with two attached hydrogens (primary N) is 1. The van der Waals surface area contributed by atoms with E-state index in [0.29, 0.717) is 35.2 Å². The van der Waals surface area contributed by atoms with Gasteiger partial charge in [-0.05, 0) is 25.1 Å². The molecule has 1 aliphatic rings.